The van der Waals surface area contributed by atoms with Crippen LogP contribution in [0.4, 0.5) is 0 Å². The molecule has 0 aliphatic rings. The summed E-state index contributed by atoms with van der Waals surface area (Å²) in [5, 5.41) is 2.98. The fourth-order valence-corrected chi connectivity index (χ4v) is 3.58. The summed E-state index contributed by atoms with van der Waals surface area (Å²) in [5.74, 6) is 2.53. The third-order valence-electron chi connectivity index (χ3n) is 5.53. The van der Waals surface area contributed by atoms with Crippen LogP contribution in [0.2, 0.25) is 0 Å². The van der Waals surface area contributed by atoms with E-state index in [1.54, 1.807) is 0 Å². The standard InChI is InChI=1S/C25H33N3O2/c1-4-8-25(29)26-16-15-24-27-22-9-6-7-10-23(22)28(24)17-18-30-21-13-11-20(12-14-21)19(3)5-2/h6-7,9-14,19H,4-5,8,15-18H2,1-3H3,(H,26,29). The molecule has 0 saturated heterocycles. The van der Waals surface area contributed by atoms with Crippen molar-refractivity contribution in [3.63, 3.8) is 0 Å². The molecule has 30 heavy (non-hydrogen) atoms. The summed E-state index contributed by atoms with van der Waals surface area (Å²) in [6.45, 7) is 8.34. The topological polar surface area (TPSA) is 56.2 Å². The molecule has 160 valence electrons. The van der Waals surface area contributed by atoms with E-state index in [9.17, 15) is 4.79 Å². The Bertz CT molecular complexity index is 947. The number of hydrogen-bond donors (Lipinski definition) is 1. The summed E-state index contributed by atoms with van der Waals surface area (Å²) in [5.41, 5.74) is 3.42. The number of fused-ring (bicyclic) bond motifs is 1. The predicted octanol–water partition coefficient (Wildman–Crippen LogP) is 5.09. The lowest BCUT2D eigenvalue weighted by atomic mass is 9.99. The summed E-state index contributed by atoms with van der Waals surface area (Å²) < 4.78 is 8.21. The molecule has 3 aromatic rings. The van der Waals surface area contributed by atoms with Gasteiger partial charge in [0.1, 0.15) is 18.2 Å². The van der Waals surface area contributed by atoms with E-state index in [1.165, 1.54) is 5.56 Å². The number of rotatable bonds is 11. The first-order chi connectivity index (χ1) is 14.6. The maximum Gasteiger partial charge on any atom is 0.219 e. The Labute approximate surface area is 179 Å². The van der Waals surface area contributed by atoms with Gasteiger partial charge in [-0.3, -0.25) is 4.79 Å². The van der Waals surface area contributed by atoms with Gasteiger partial charge in [-0.15, -0.1) is 0 Å². The molecule has 1 aromatic heterocycles. The van der Waals surface area contributed by atoms with Crippen molar-refractivity contribution in [2.75, 3.05) is 13.2 Å². The Morgan fingerprint density at radius 3 is 2.63 bits per heavy atom. The largest absolute Gasteiger partial charge is 0.492 e. The van der Waals surface area contributed by atoms with Crippen LogP contribution in [0.5, 0.6) is 5.75 Å². The van der Waals surface area contributed by atoms with Crippen LogP contribution in [0.15, 0.2) is 48.5 Å². The predicted molar refractivity (Wildman–Crippen MR) is 122 cm³/mol. The van der Waals surface area contributed by atoms with Crippen LogP contribution in [0.1, 0.15) is 57.3 Å². The number of amides is 1. The van der Waals surface area contributed by atoms with E-state index >= 15 is 0 Å². The number of carbonyl (C=O) groups is 1. The monoisotopic (exact) mass is 407 g/mol. The maximum atomic E-state index is 11.7. The molecule has 3 rings (SSSR count). The number of hydrogen-bond acceptors (Lipinski definition) is 3. The van der Waals surface area contributed by atoms with E-state index < -0.39 is 0 Å². The van der Waals surface area contributed by atoms with Gasteiger partial charge < -0.3 is 14.6 Å². The minimum absolute atomic E-state index is 0.101. The minimum atomic E-state index is 0.101. The number of nitrogens with zero attached hydrogens (tertiary/aromatic N) is 2. The average Bonchev–Trinajstić information content (AvgIpc) is 3.11. The minimum Gasteiger partial charge on any atom is -0.492 e. The molecule has 1 heterocycles. The number of imidazole rings is 1. The second-order valence-corrected chi connectivity index (χ2v) is 7.75. The van der Waals surface area contributed by atoms with Crippen molar-refractivity contribution in [1.82, 2.24) is 14.9 Å². The highest BCUT2D eigenvalue weighted by Crippen LogP contribution is 2.22. The molecule has 0 bridgehead atoms. The summed E-state index contributed by atoms with van der Waals surface area (Å²) in [6, 6.07) is 16.6. The lowest BCUT2D eigenvalue weighted by molar-refractivity contribution is -0.121. The van der Waals surface area contributed by atoms with Crippen LogP contribution in [-0.4, -0.2) is 28.6 Å². The third kappa shape index (κ3) is 5.62. The summed E-state index contributed by atoms with van der Waals surface area (Å²) in [4.78, 5) is 16.5. The zero-order valence-corrected chi connectivity index (χ0v) is 18.4. The molecular weight excluding hydrogens is 374 g/mol. The number of para-hydroxylation sites is 2. The first-order valence-corrected chi connectivity index (χ1v) is 11.1. The van der Waals surface area contributed by atoms with Gasteiger partial charge in [0.15, 0.2) is 0 Å². The van der Waals surface area contributed by atoms with E-state index in [0.29, 0.717) is 38.5 Å². The van der Waals surface area contributed by atoms with Gasteiger partial charge in [0.05, 0.1) is 17.6 Å². The highest BCUT2D eigenvalue weighted by atomic mass is 16.5. The number of nitrogens with one attached hydrogen (secondary N) is 1. The van der Waals surface area contributed by atoms with Crippen LogP contribution in [0.25, 0.3) is 11.0 Å². The molecule has 0 fully saturated rings. The van der Waals surface area contributed by atoms with E-state index in [0.717, 1.165) is 35.4 Å². The van der Waals surface area contributed by atoms with Crippen molar-refractivity contribution in [3.8, 4) is 5.75 Å². The number of benzene rings is 2. The molecule has 1 unspecified atom stereocenters. The molecule has 1 atom stereocenters. The summed E-state index contributed by atoms with van der Waals surface area (Å²) in [7, 11) is 0. The Morgan fingerprint density at radius 1 is 1.13 bits per heavy atom. The van der Waals surface area contributed by atoms with Crippen molar-refractivity contribution in [3.05, 3.63) is 59.9 Å². The number of carbonyl (C=O) groups excluding carboxylic acids is 1. The van der Waals surface area contributed by atoms with Crippen molar-refractivity contribution < 1.29 is 9.53 Å². The van der Waals surface area contributed by atoms with Crippen LogP contribution < -0.4 is 10.1 Å². The Balaban J connectivity index is 1.63. The van der Waals surface area contributed by atoms with E-state index in [-0.39, 0.29) is 5.91 Å². The number of ether oxygens (including phenoxy) is 1. The molecule has 0 radical (unpaired) electrons. The highest BCUT2D eigenvalue weighted by Gasteiger charge is 2.11. The maximum absolute atomic E-state index is 11.7. The Hall–Kier alpha value is -2.82. The van der Waals surface area contributed by atoms with Gasteiger partial charge in [0.25, 0.3) is 0 Å². The van der Waals surface area contributed by atoms with Gasteiger partial charge in [-0.2, -0.15) is 0 Å². The van der Waals surface area contributed by atoms with E-state index in [4.69, 9.17) is 9.72 Å². The van der Waals surface area contributed by atoms with Gasteiger partial charge in [-0.25, -0.2) is 4.98 Å². The van der Waals surface area contributed by atoms with Gasteiger partial charge >= 0.3 is 0 Å². The average molecular weight is 408 g/mol. The van der Waals surface area contributed by atoms with Crippen molar-refractivity contribution in [1.29, 1.82) is 0 Å². The van der Waals surface area contributed by atoms with Crippen LogP contribution >= 0.6 is 0 Å². The van der Waals surface area contributed by atoms with E-state index in [1.807, 2.05) is 25.1 Å². The van der Waals surface area contributed by atoms with Gasteiger partial charge in [-0.05, 0) is 48.6 Å². The summed E-state index contributed by atoms with van der Waals surface area (Å²) in [6.07, 6.45) is 3.27. The molecule has 0 saturated carbocycles. The molecule has 0 aliphatic carbocycles. The smallest absolute Gasteiger partial charge is 0.219 e. The van der Waals surface area contributed by atoms with Crippen LogP contribution in [0, 0.1) is 0 Å². The number of aromatic nitrogens is 2. The molecule has 5 nitrogen and oxygen atoms in total. The lowest BCUT2D eigenvalue weighted by Gasteiger charge is -2.13. The lowest BCUT2D eigenvalue weighted by Crippen LogP contribution is -2.26. The molecule has 0 aliphatic heterocycles. The van der Waals surface area contributed by atoms with E-state index in [2.05, 4.69) is 54.1 Å². The first kappa shape index (κ1) is 21.9. The normalized spacial score (nSPS) is 12.1. The molecule has 5 heteroatoms. The quantitative estimate of drug-likeness (QED) is 0.482. The molecule has 1 amide bonds. The van der Waals surface area contributed by atoms with Crippen LogP contribution in [0.3, 0.4) is 0 Å². The van der Waals surface area contributed by atoms with Crippen LogP contribution in [-0.2, 0) is 17.8 Å². The first-order valence-electron chi connectivity index (χ1n) is 11.1. The molecular formula is C25H33N3O2. The summed E-state index contributed by atoms with van der Waals surface area (Å²) >= 11 is 0. The molecule has 0 spiro atoms. The fraction of sp³-hybridized carbons (Fsp3) is 0.440. The molecule has 1 N–H and O–H groups in total. The van der Waals surface area contributed by atoms with Crippen molar-refractivity contribution >= 4 is 16.9 Å². The zero-order chi connectivity index (χ0) is 21.3. The van der Waals surface area contributed by atoms with Gasteiger partial charge in [-0.1, -0.05) is 45.0 Å². The third-order valence-corrected chi connectivity index (χ3v) is 5.53. The highest BCUT2D eigenvalue weighted by molar-refractivity contribution is 5.76. The second-order valence-electron chi connectivity index (χ2n) is 7.75. The Morgan fingerprint density at radius 2 is 1.90 bits per heavy atom. The second kappa shape index (κ2) is 10.8. The molecule has 2 aromatic carbocycles. The van der Waals surface area contributed by atoms with Crippen molar-refractivity contribution in [2.24, 2.45) is 0 Å². The Kier molecular flexibility index (Phi) is 7.89. The van der Waals surface area contributed by atoms with Gasteiger partial charge in [0.2, 0.25) is 5.91 Å². The zero-order valence-electron chi connectivity index (χ0n) is 18.4. The fourth-order valence-electron chi connectivity index (χ4n) is 3.58. The SMILES string of the molecule is CCCC(=O)NCCc1nc2ccccc2n1CCOc1ccc(C(C)CC)cc1. The van der Waals surface area contributed by atoms with Gasteiger partial charge in [0, 0.05) is 19.4 Å². The van der Waals surface area contributed by atoms with Crippen molar-refractivity contribution in [2.45, 2.75) is 58.9 Å².